The smallest absolute Gasteiger partial charge is 0.273 e. The van der Waals surface area contributed by atoms with Gasteiger partial charge in [0.25, 0.3) is 11.6 Å². The molecule has 132 valence electrons. The Balaban J connectivity index is 0.00000208. The molecule has 0 unspecified atom stereocenters. The Labute approximate surface area is 148 Å². The SMILES string of the molecule is Cc1c(C(=O)N2CCC3(CCNCC3)CC2)cccc1[N+](=O)[O-].Cl. The minimum atomic E-state index is -0.424. The molecule has 2 heterocycles. The minimum absolute atomic E-state index is 0. The van der Waals surface area contributed by atoms with Crippen molar-refractivity contribution in [3.8, 4) is 0 Å². The van der Waals surface area contributed by atoms with Crippen molar-refractivity contribution in [2.45, 2.75) is 32.6 Å². The Morgan fingerprint density at radius 2 is 1.83 bits per heavy atom. The van der Waals surface area contributed by atoms with Crippen molar-refractivity contribution in [2.75, 3.05) is 26.2 Å². The summed E-state index contributed by atoms with van der Waals surface area (Å²) in [6, 6.07) is 4.74. The fourth-order valence-electron chi connectivity index (χ4n) is 3.86. The van der Waals surface area contributed by atoms with Crippen molar-refractivity contribution in [1.82, 2.24) is 10.2 Å². The second-order valence-electron chi connectivity index (χ2n) is 6.75. The second-order valence-corrected chi connectivity index (χ2v) is 6.75. The van der Waals surface area contributed by atoms with E-state index >= 15 is 0 Å². The summed E-state index contributed by atoms with van der Waals surface area (Å²) >= 11 is 0. The normalized spacial score (nSPS) is 19.6. The number of carbonyl (C=O) groups is 1. The monoisotopic (exact) mass is 353 g/mol. The number of carbonyl (C=O) groups excluding carboxylic acids is 1. The van der Waals surface area contributed by atoms with E-state index in [9.17, 15) is 14.9 Å². The summed E-state index contributed by atoms with van der Waals surface area (Å²) < 4.78 is 0. The second kappa shape index (κ2) is 7.49. The predicted octanol–water partition coefficient (Wildman–Crippen LogP) is 2.93. The molecule has 0 saturated carbocycles. The third kappa shape index (κ3) is 3.54. The van der Waals surface area contributed by atoms with Crippen molar-refractivity contribution in [2.24, 2.45) is 5.41 Å². The van der Waals surface area contributed by atoms with Crippen LogP contribution in [-0.2, 0) is 0 Å². The molecule has 2 fully saturated rings. The van der Waals surface area contributed by atoms with E-state index in [0.29, 0.717) is 16.5 Å². The zero-order valence-corrected chi connectivity index (χ0v) is 14.7. The average molecular weight is 354 g/mol. The van der Waals surface area contributed by atoms with Crippen molar-refractivity contribution < 1.29 is 9.72 Å². The molecule has 24 heavy (non-hydrogen) atoms. The lowest BCUT2D eigenvalue weighted by Gasteiger charge is -2.44. The van der Waals surface area contributed by atoms with Crippen LogP contribution in [0.2, 0.25) is 0 Å². The highest BCUT2D eigenvalue weighted by atomic mass is 35.5. The van der Waals surface area contributed by atoms with Crippen molar-refractivity contribution in [3.05, 3.63) is 39.4 Å². The van der Waals surface area contributed by atoms with Gasteiger partial charge in [-0.25, -0.2) is 0 Å². The van der Waals surface area contributed by atoms with E-state index in [2.05, 4.69) is 5.32 Å². The molecule has 1 amide bonds. The topological polar surface area (TPSA) is 75.5 Å². The molecule has 1 spiro atoms. The lowest BCUT2D eigenvalue weighted by atomic mass is 9.71. The van der Waals surface area contributed by atoms with Crippen molar-refractivity contribution in [1.29, 1.82) is 0 Å². The average Bonchev–Trinajstić information content (AvgIpc) is 2.56. The number of hydrogen-bond acceptors (Lipinski definition) is 4. The van der Waals surface area contributed by atoms with Gasteiger partial charge in [0.05, 0.1) is 4.92 Å². The molecule has 0 atom stereocenters. The highest BCUT2D eigenvalue weighted by Crippen LogP contribution is 2.39. The van der Waals surface area contributed by atoms with Crippen LogP contribution in [0.3, 0.4) is 0 Å². The summed E-state index contributed by atoms with van der Waals surface area (Å²) in [7, 11) is 0. The quantitative estimate of drug-likeness (QED) is 0.655. The first-order valence-electron chi connectivity index (χ1n) is 8.26. The summed E-state index contributed by atoms with van der Waals surface area (Å²) in [5.41, 5.74) is 1.33. The van der Waals surface area contributed by atoms with Crippen LogP contribution >= 0.6 is 12.4 Å². The van der Waals surface area contributed by atoms with Gasteiger partial charge in [0.2, 0.25) is 0 Å². The molecular weight excluding hydrogens is 330 g/mol. The number of amides is 1. The lowest BCUT2D eigenvalue weighted by Crippen LogP contribution is -2.47. The van der Waals surface area contributed by atoms with Gasteiger partial charge in [0, 0.05) is 30.3 Å². The molecule has 1 aromatic carbocycles. The van der Waals surface area contributed by atoms with Gasteiger partial charge in [-0.05, 0) is 57.2 Å². The fraction of sp³-hybridized carbons (Fsp3) is 0.588. The number of piperidine rings is 2. The van der Waals surface area contributed by atoms with E-state index in [0.717, 1.165) is 39.0 Å². The van der Waals surface area contributed by atoms with Crippen LogP contribution in [0.25, 0.3) is 0 Å². The Hall–Kier alpha value is -1.66. The number of nitro benzene ring substituents is 1. The van der Waals surface area contributed by atoms with Gasteiger partial charge in [-0.1, -0.05) is 6.07 Å². The van der Waals surface area contributed by atoms with Gasteiger partial charge >= 0.3 is 0 Å². The summed E-state index contributed by atoms with van der Waals surface area (Å²) in [5, 5.41) is 14.4. The van der Waals surface area contributed by atoms with Crippen LogP contribution < -0.4 is 5.32 Å². The summed E-state index contributed by atoms with van der Waals surface area (Å²) in [4.78, 5) is 25.2. The van der Waals surface area contributed by atoms with Gasteiger partial charge in [-0.15, -0.1) is 12.4 Å². The van der Waals surface area contributed by atoms with Crippen LogP contribution in [-0.4, -0.2) is 41.9 Å². The van der Waals surface area contributed by atoms with Crippen LogP contribution in [0.4, 0.5) is 5.69 Å². The van der Waals surface area contributed by atoms with Crippen molar-refractivity contribution in [3.63, 3.8) is 0 Å². The number of nitrogens with one attached hydrogen (secondary N) is 1. The molecule has 7 heteroatoms. The molecule has 0 aliphatic carbocycles. The van der Waals surface area contributed by atoms with Crippen molar-refractivity contribution >= 4 is 24.0 Å². The molecular formula is C17H24ClN3O3. The van der Waals surface area contributed by atoms with Gasteiger partial charge in [-0.3, -0.25) is 14.9 Å². The Kier molecular flexibility index (Phi) is 5.83. The summed E-state index contributed by atoms with van der Waals surface area (Å²) in [6.07, 6.45) is 4.44. The summed E-state index contributed by atoms with van der Waals surface area (Å²) in [6.45, 7) is 5.29. The van der Waals surface area contributed by atoms with Crippen LogP contribution in [0.15, 0.2) is 18.2 Å². The summed E-state index contributed by atoms with van der Waals surface area (Å²) in [5.74, 6) is -0.0741. The van der Waals surface area contributed by atoms with Crippen LogP contribution in [0.5, 0.6) is 0 Å². The molecule has 3 rings (SSSR count). The number of hydrogen-bond donors (Lipinski definition) is 1. The first kappa shape index (κ1) is 18.7. The first-order valence-corrected chi connectivity index (χ1v) is 8.26. The number of benzene rings is 1. The zero-order valence-electron chi connectivity index (χ0n) is 13.9. The van der Waals surface area contributed by atoms with E-state index in [-0.39, 0.29) is 24.0 Å². The van der Waals surface area contributed by atoms with Gasteiger partial charge in [-0.2, -0.15) is 0 Å². The van der Waals surface area contributed by atoms with E-state index in [1.165, 1.54) is 18.9 Å². The van der Waals surface area contributed by atoms with E-state index in [1.54, 1.807) is 19.1 Å². The maximum absolute atomic E-state index is 12.8. The molecule has 0 radical (unpaired) electrons. The molecule has 2 aliphatic rings. The third-order valence-electron chi connectivity index (χ3n) is 5.51. The van der Waals surface area contributed by atoms with Crippen LogP contribution in [0, 0.1) is 22.5 Å². The maximum atomic E-state index is 12.8. The molecule has 2 saturated heterocycles. The van der Waals surface area contributed by atoms with E-state index in [1.807, 2.05) is 4.90 Å². The molecule has 0 aromatic heterocycles. The van der Waals surface area contributed by atoms with E-state index < -0.39 is 4.92 Å². The highest BCUT2D eigenvalue weighted by Gasteiger charge is 2.37. The molecule has 0 bridgehead atoms. The molecule has 1 N–H and O–H groups in total. The largest absolute Gasteiger partial charge is 0.339 e. The Morgan fingerprint density at radius 3 is 2.42 bits per heavy atom. The zero-order chi connectivity index (χ0) is 16.4. The number of rotatable bonds is 2. The number of nitrogens with zero attached hydrogens (tertiary/aromatic N) is 2. The number of likely N-dealkylation sites (tertiary alicyclic amines) is 1. The minimum Gasteiger partial charge on any atom is -0.339 e. The molecule has 1 aromatic rings. The van der Waals surface area contributed by atoms with Gasteiger partial charge < -0.3 is 10.2 Å². The maximum Gasteiger partial charge on any atom is 0.273 e. The van der Waals surface area contributed by atoms with E-state index in [4.69, 9.17) is 0 Å². The number of halogens is 1. The van der Waals surface area contributed by atoms with Gasteiger partial charge in [0.15, 0.2) is 0 Å². The van der Waals surface area contributed by atoms with Crippen LogP contribution in [0.1, 0.15) is 41.6 Å². The highest BCUT2D eigenvalue weighted by molar-refractivity contribution is 5.96. The third-order valence-corrected chi connectivity index (χ3v) is 5.51. The molecule has 6 nitrogen and oxygen atoms in total. The van der Waals surface area contributed by atoms with Gasteiger partial charge in [0.1, 0.15) is 0 Å². The Morgan fingerprint density at radius 1 is 1.21 bits per heavy atom. The predicted molar refractivity (Wildman–Crippen MR) is 94.8 cm³/mol. The standard InChI is InChI=1S/C17H23N3O3.ClH/c1-13-14(3-2-4-15(13)20(22)23)16(21)19-11-7-17(8-12-19)5-9-18-10-6-17;/h2-4,18H,5-12H2,1H3;1H. The molecule has 2 aliphatic heterocycles. The first-order chi connectivity index (χ1) is 11.0. The lowest BCUT2D eigenvalue weighted by molar-refractivity contribution is -0.385. The fourth-order valence-corrected chi connectivity index (χ4v) is 3.86. The Bertz CT molecular complexity index is 620. The number of nitro groups is 1.